The van der Waals surface area contributed by atoms with E-state index in [0.717, 1.165) is 22.9 Å². The number of hydrogen-bond acceptors (Lipinski definition) is 7. The monoisotopic (exact) mass is 327 g/mol. The van der Waals surface area contributed by atoms with Crippen LogP contribution in [0.15, 0.2) is 52.4 Å². The minimum absolute atomic E-state index is 0.133. The highest BCUT2D eigenvalue weighted by Crippen LogP contribution is 2.23. The van der Waals surface area contributed by atoms with Crippen molar-refractivity contribution < 1.29 is 9.21 Å². The molecule has 3 aromatic rings. The second-order valence-corrected chi connectivity index (χ2v) is 5.57. The zero-order valence-corrected chi connectivity index (χ0v) is 13.1. The summed E-state index contributed by atoms with van der Waals surface area (Å²) in [7, 11) is 0. The van der Waals surface area contributed by atoms with E-state index in [0.29, 0.717) is 11.1 Å². The van der Waals surface area contributed by atoms with Crippen LogP contribution in [-0.4, -0.2) is 31.8 Å². The second kappa shape index (κ2) is 7.01. The largest absolute Gasteiger partial charge is 0.411 e. The van der Waals surface area contributed by atoms with Crippen molar-refractivity contribution in [2.75, 3.05) is 11.1 Å². The lowest BCUT2D eigenvalue weighted by molar-refractivity contribution is -0.113. The summed E-state index contributed by atoms with van der Waals surface area (Å²) < 4.78 is 5.54. The zero-order chi connectivity index (χ0) is 16.1. The average Bonchev–Trinajstić information content (AvgIpc) is 3.04. The summed E-state index contributed by atoms with van der Waals surface area (Å²) in [5, 5.41) is 10.8. The fraction of sp³-hybridized carbons (Fsp3) is 0.133. The van der Waals surface area contributed by atoms with E-state index in [-0.39, 0.29) is 17.6 Å². The van der Waals surface area contributed by atoms with Crippen molar-refractivity contribution in [2.45, 2.75) is 12.1 Å². The van der Waals surface area contributed by atoms with Gasteiger partial charge in [-0.15, -0.1) is 10.2 Å². The number of aryl methyl sites for hydroxylation is 1. The number of amides is 1. The molecule has 1 aromatic carbocycles. The van der Waals surface area contributed by atoms with Crippen LogP contribution < -0.4 is 5.32 Å². The number of aromatic nitrogens is 4. The highest BCUT2D eigenvalue weighted by Gasteiger charge is 2.11. The normalized spacial score (nSPS) is 10.5. The highest BCUT2D eigenvalue weighted by atomic mass is 32.2. The summed E-state index contributed by atoms with van der Waals surface area (Å²) in [5.74, 6) is 0.591. The molecule has 0 bridgehead atoms. The van der Waals surface area contributed by atoms with Gasteiger partial charge in [0.15, 0.2) is 0 Å². The molecule has 23 heavy (non-hydrogen) atoms. The molecule has 0 fully saturated rings. The van der Waals surface area contributed by atoms with Gasteiger partial charge in [-0.05, 0) is 25.1 Å². The minimum Gasteiger partial charge on any atom is -0.411 e. The third-order valence-electron chi connectivity index (χ3n) is 2.85. The molecule has 0 aliphatic carbocycles. The third-order valence-corrected chi connectivity index (χ3v) is 3.67. The van der Waals surface area contributed by atoms with E-state index in [1.54, 1.807) is 18.5 Å². The van der Waals surface area contributed by atoms with E-state index in [1.165, 1.54) is 0 Å². The molecule has 0 aliphatic heterocycles. The van der Waals surface area contributed by atoms with Gasteiger partial charge in [0.25, 0.3) is 5.22 Å². The van der Waals surface area contributed by atoms with Crippen molar-refractivity contribution in [1.82, 2.24) is 20.2 Å². The molecule has 2 aromatic heterocycles. The van der Waals surface area contributed by atoms with Gasteiger partial charge in [-0.2, -0.15) is 0 Å². The van der Waals surface area contributed by atoms with Gasteiger partial charge in [0, 0.05) is 18.0 Å². The Hall–Kier alpha value is -2.74. The fourth-order valence-corrected chi connectivity index (χ4v) is 2.30. The first-order chi connectivity index (χ1) is 11.2. The van der Waals surface area contributed by atoms with Gasteiger partial charge in [0.1, 0.15) is 0 Å². The zero-order valence-electron chi connectivity index (χ0n) is 12.3. The number of nitrogens with zero attached hydrogens (tertiary/aromatic N) is 4. The average molecular weight is 327 g/mol. The Bertz CT molecular complexity index is 789. The molecule has 7 nitrogen and oxygen atoms in total. The van der Waals surface area contributed by atoms with Crippen molar-refractivity contribution in [3.05, 3.63) is 48.3 Å². The standard InChI is InChI=1S/C15H13N5O2S/c1-10-3-5-11(6-4-10)13-19-20-15(22-13)23-9-12(21)18-14-16-7-2-8-17-14/h2-8H,9H2,1H3,(H,16,17,18,21). The molecule has 0 radical (unpaired) electrons. The first kappa shape index (κ1) is 15.2. The fourth-order valence-electron chi connectivity index (χ4n) is 1.73. The number of carbonyl (C=O) groups is 1. The van der Waals surface area contributed by atoms with Gasteiger partial charge in [-0.1, -0.05) is 29.5 Å². The second-order valence-electron chi connectivity index (χ2n) is 4.65. The van der Waals surface area contributed by atoms with Crippen LogP contribution in [0.3, 0.4) is 0 Å². The molecule has 3 rings (SSSR count). The molecule has 0 saturated heterocycles. The van der Waals surface area contributed by atoms with Crippen molar-refractivity contribution in [1.29, 1.82) is 0 Å². The Morgan fingerprint density at radius 1 is 1.17 bits per heavy atom. The number of thioether (sulfide) groups is 1. The summed E-state index contributed by atoms with van der Waals surface area (Å²) in [6.45, 7) is 2.01. The number of rotatable bonds is 5. The molecular formula is C15H13N5O2S. The Morgan fingerprint density at radius 2 is 1.91 bits per heavy atom. The van der Waals surface area contributed by atoms with Crippen LogP contribution in [-0.2, 0) is 4.79 Å². The maximum absolute atomic E-state index is 11.8. The van der Waals surface area contributed by atoms with Crippen LogP contribution in [0.2, 0.25) is 0 Å². The smallest absolute Gasteiger partial charge is 0.277 e. The van der Waals surface area contributed by atoms with E-state index in [4.69, 9.17) is 4.42 Å². The maximum atomic E-state index is 11.8. The molecule has 8 heteroatoms. The Balaban J connectivity index is 1.57. The van der Waals surface area contributed by atoms with E-state index in [2.05, 4.69) is 25.5 Å². The molecule has 0 saturated carbocycles. The van der Waals surface area contributed by atoms with Crippen molar-refractivity contribution in [3.63, 3.8) is 0 Å². The molecule has 0 aliphatic rings. The quantitative estimate of drug-likeness (QED) is 0.720. The number of hydrogen-bond donors (Lipinski definition) is 1. The number of carbonyl (C=O) groups excluding carboxylic acids is 1. The van der Waals surface area contributed by atoms with Crippen LogP contribution >= 0.6 is 11.8 Å². The lowest BCUT2D eigenvalue weighted by Crippen LogP contribution is -2.15. The van der Waals surface area contributed by atoms with Gasteiger partial charge in [0.2, 0.25) is 17.7 Å². The summed E-state index contributed by atoms with van der Waals surface area (Å²) in [5.41, 5.74) is 2.00. The minimum atomic E-state index is -0.240. The van der Waals surface area contributed by atoms with Crippen molar-refractivity contribution in [2.24, 2.45) is 0 Å². The molecule has 0 spiro atoms. The van der Waals surface area contributed by atoms with Gasteiger partial charge in [0.05, 0.1) is 5.75 Å². The predicted octanol–water partition coefficient (Wildman–Crippen LogP) is 2.57. The molecule has 0 unspecified atom stereocenters. The molecular weight excluding hydrogens is 314 g/mol. The van der Waals surface area contributed by atoms with E-state index in [9.17, 15) is 4.79 Å². The number of benzene rings is 1. The van der Waals surface area contributed by atoms with Gasteiger partial charge >= 0.3 is 0 Å². The summed E-state index contributed by atoms with van der Waals surface area (Å²) >= 11 is 1.16. The van der Waals surface area contributed by atoms with Crippen LogP contribution in [0.4, 0.5) is 5.95 Å². The van der Waals surface area contributed by atoms with E-state index >= 15 is 0 Å². The van der Waals surface area contributed by atoms with Gasteiger partial charge < -0.3 is 4.42 Å². The van der Waals surface area contributed by atoms with E-state index in [1.807, 2.05) is 31.2 Å². The topological polar surface area (TPSA) is 93.8 Å². The first-order valence-corrected chi connectivity index (χ1v) is 7.79. The number of nitrogens with one attached hydrogen (secondary N) is 1. The van der Waals surface area contributed by atoms with Gasteiger partial charge in [-0.25, -0.2) is 9.97 Å². The number of anilines is 1. The van der Waals surface area contributed by atoms with Crippen molar-refractivity contribution in [3.8, 4) is 11.5 Å². The third kappa shape index (κ3) is 4.13. The molecule has 2 heterocycles. The lowest BCUT2D eigenvalue weighted by atomic mass is 10.1. The SMILES string of the molecule is Cc1ccc(-c2nnc(SCC(=O)Nc3ncccn3)o2)cc1. The summed E-state index contributed by atoms with van der Waals surface area (Å²) in [4.78, 5) is 19.6. The Labute approximate surface area is 136 Å². The molecule has 116 valence electrons. The van der Waals surface area contributed by atoms with Crippen LogP contribution in [0, 0.1) is 6.92 Å². The molecule has 0 atom stereocenters. The van der Waals surface area contributed by atoms with Crippen LogP contribution in [0.5, 0.6) is 0 Å². The lowest BCUT2D eigenvalue weighted by Gasteiger charge is -2.00. The Morgan fingerprint density at radius 3 is 2.65 bits per heavy atom. The molecule has 1 amide bonds. The van der Waals surface area contributed by atoms with Gasteiger partial charge in [-0.3, -0.25) is 10.1 Å². The van der Waals surface area contributed by atoms with Crippen molar-refractivity contribution >= 4 is 23.6 Å². The van der Waals surface area contributed by atoms with Crippen LogP contribution in [0.1, 0.15) is 5.56 Å². The Kier molecular flexibility index (Phi) is 4.62. The van der Waals surface area contributed by atoms with Crippen LogP contribution in [0.25, 0.3) is 11.5 Å². The molecule has 1 N–H and O–H groups in total. The maximum Gasteiger partial charge on any atom is 0.277 e. The summed E-state index contributed by atoms with van der Waals surface area (Å²) in [6.07, 6.45) is 3.11. The van der Waals surface area contributed by atoms with E-state index < -0.39 is 0 Å². The summed E-state index contributed by atoms with van der Waals surface area (Å²) in [6, 6.07) is 9.45. The highest BCUT2D eigenvalue weighted by molar-refractivity contribution is 7.99. The first-order valence-electron chi connectivity index (χ1n) is 6.81. The predicted molar refractivity (Wildman–Crippen MR) is 85.9 cm³/mol.